The molecule has 0 aliphatic rings. The molecule has 1 unspecified atom stereocenters. The Balaban J connectivity index is 4.12. The van der Waals surface area contributed by atoms with E-state index in [-0.39, 0.29) is 0 Å². The summed E-state index contributed by atoms with van der Waals surface area (Å²) in [5.74, 6) is -0.663. The number of likely N-dealkylation sites (N-methyl/N-ethyl adjacent to an activating group) is 1. The molecule has 1 amide bonds. The highest BCUT2D eigenvalue weighted by Gasteiger charge is 2.32. The summed E-state index contributed by atoms with van der Waals surface area (Å²) in [7, 11) is 1.10. The lowest BCUT2D eigenvalue weighted by atomic mass is 10.1. The molecule has 6 heteroatoms. The zero-order valence-corrected chi connectivity index (χ0v) is 8.27. The monoisotopic (exact) mass is 212 g/mol. The minimum Gasteiger partial charge on any atom is -0.335 e. The number of carbonyl (C=O) groups is 1. The Morgan fingerprint density at radius 3 is 2.36 bits per heavy atom. The molecule has 0 aromatic carbocycles. The van der Waals surface area contributed by atoms with Crippen molar-refractivity contribution < 1.29 is 18.0 Å². The normalized spacial score (nSPS) is 13.9. The largest absolute Gasteiger partial charge is 0.406 e. The van der Waals surface area contributed by atoms with E-state index >= 15 is 0 Å². The molecular formula is C8H15F3N2O. The first kappa shape index (κ1) is 13.2. The molecule has 0 aromatic heterocycles. The van der Waals surface area contributed by atoms with Crippen molar-refractivity contribution in [2.75, 3.05) is 13.6 Å². The molecule has 0 aliphatic heterocycles. The molecule has 0 bridgehead atoms. The van der Waals surface area contributed by atoms with Crippen molar-refractivity contribution in [3.8, 4) is 0 Å². The molecule has 0 aliphatic carbocycles. The van der Waals surface area contributed by atoms with Crippen molar-refractivity contribution in [1.29, 1.82) is 0 Å². The van der Waals surface area contributed by atoms with Crippen LogP contribution in [0, 0.1) is 0 Å². The molecule has 0 rings (SSSR count). The van der Waals surface area contributed by atoms with Gasteiger partial charge in [-0.25, -0.2) is 0 Å². The highest BCUT2D eigenvalue weighted by Crippen LogP contribution is 2.16. The van der Waals surface area contributed by atoms with Gasteiger partial charge < -0.3 is 10.6 Å². The van der Waals surface area contributed by atoms with Gasteiger partial charge in [0.2, 0.25) is 5.91 Å². The summed E-state index contributed by atoms with van der Waals surface area (Å²) in [4.78, 5) is 11.8. The molecule has 0 saturated heterocycles. The van der Waals surface area contributed by atoms with E-state index in [0.717, 1.165) is 7.05 Å². The molecule has 0 fully saturated rings. The number of nitrogens with zero attached hydrogens (tertiary/aromatic N) is 1. The topological polar surface area (TPSA) is 46.3 Å². The van der Waals surface area contributed by atoms with Crippen LogP contribution in [0.5, 0.6) is 0 Å². The molecular weight excluding hydrogens is 197 g/mol. The second-order valence-corrected chi connectivity index (χ2v) is 3.20. The Hall–Kier alpha value is -0.780. The first-order valence-corrected chi connectivity index (χ1v) is 4.35. The zero-order valence-electron chi connectivity index (χ0n) is 8.27. The van der Waals surface area contributed by atoms with E-state index in [1.165, 1.54) is 0 Å². The van der Waals surface area contributed by atoms with Gasteiger partial charge in [0.1, 0.15) is 6.54 Å². The number of hydrogen-bond acceptors (Lipinski definition) is 2. The Labute approximate surface area is 81.1 Å². The average Bonchev–Trinajstić information content (AvgIpc) is 2.00. The van der Waals surface area contributed by atoms with Gasteiger partial charge in [-0.15, -0.1) is 0 Å². The van der Waals surface area contributed by atoms with Crippen LogP contribution < -0.4 is 5.73 Å². The van der Waals surface area contributed by atoms with Gasteiger partial charge in [0, 0.05) is 7.05 Å². The van der Waals surface area contributed by atoms with Crippen LogP contribution in [-0.4, -0.2) is 36.6 Å². The van der Waals surface area contributed by atoms with E-state index in [0.29, 0.717) is 17.7 Å². The predicted octanol–water partition coefficient (Wildman–Crippen LogP) is 1.13. The Kier molecular flexibility index (Phi) is 4.90. The van der Waals surface area contributed by atoms with Gasteiger partial charge >= 0.3 is 6.18 Å². The second kappa shape index (κ2) is 5.19. The predicted molar refractivity (Wildman–Crippen MR) is 46.6 cm³/mol. The minimum atomic E-state index is -4.36. The third kappa shape index (κ3) is 5.06. The van der Waals surface area contributed by atoms with Gasteiger partial charge in [-0.05, 0) is 6.42 Å². The summed E-state index contributed by atoms with van der Waals surface area (Å²) in [5, 5.41) is 0. The third-order valence-corrected chi connectivity index (χ3v) is 1.71. The van der Waals surface area contributed by atoms with Gasteiger partial charge in [0.15, 0.2) is 0 Å². The lowest BCUT2D eigenvalue weighted by Gasteiger charge is -2.22. The molecule has 0 saturated carbocycles. The number of nitrogens with two attached hydrogens (primary N) is 1. The van der Waals surface area contributed by atoms with Crippen molar-refractivity contribution in [2.24, 2.45) is 5.73 Å². The molecule has 3 nitrogen and oxygen atoms in total. The number of carbonyl (C=O) groups excluding carboxylic acids is 1. The average molecular weight is 212 g/mol. The number of amides is 1. The van der Waals surface area contributed by atoms with Crippen molar-refractivity contribution in [3.05, 3.63) is 0 Å². The fourth-order valence-electron chi connectivity index (χ4n) is 1.06. The molecule has 84 valence electrons. The number of rotatable bonds is 4. The minimum absolute atomic E-state index is 0.404. The van der Waals surface area contributed by atoms with Crippen LogP contribution in [0.3, 0.4) is 0 Å². The number of halogens is 3. The maximum absolute atomic E-state index is 11.9. The third-order valence-electron chi connectivity index (χ3n) is 1.71. The molecule has 0 heterocycles. The summed E-state index contributed by atoms with van der Waals surface area (Å²) < 4.78 is 35.6. The summed E-state index contributed by atoms with van der Waals surface area (Å²) in [5.41, 5.74) is 5.39. The van der Waals surface area contributed by atoms with Crippen LogP contribution in [0.25, 0.3) is 0 Å². The summed E-state index contributed by atoms with van der Waals surface area (Å²) in [6.07, 6.45) is -3.29. The van der Waals surface area contributed by atoms with E-state index < -0.39 is 24.7 Å². The van der Waals surface area contributed by atoms with Crippen LogP contribution in [0.15, 0.2) is 0 Å². The molecule has 1 atom stereocenters. The number of alkyl halides is 3. The van der Waals surface area contributed by atoms with E-state index in [1.807, 2.05) is 6.92 Å². The van der Waals surface area contributed by atoms with Crippen LogP contribution in [0.1, 0.15) is 19.8 Å². The van der Waals surface area contributed by atoms with Crippen molar-refractivity contribution in [2.45, 2.75) is 32.0 Å². The Morgan fingerprint density at radius 2 is 2.00 bits per heavy atom. The summed E-state index contributed by atoms with van der Waals surface area (Å²) in [6, 6.07) is -0.827. The van der Waals surface area contributed by atoms with Gasteiger partial charge in [-0.3, -0.25) is 4.79 Å². The smallest absolute Gasteiger partial charge is 0.335 e. The van der Waals surface area contributed by atoms with Crippen LogP contribution >= 0.6 is 0 Å². The van der Waals surface area contributed by atoms with E-state index in [1.54, 1.807) is 0 Å². The van der Waals surface area contributed by atoms with Gasteiger partial charge in [-0.2, -0.15) is 13.2 Å². The standard InChI is InChI=1S/C8H15F3N2O/c1-3-4-6(12)7(14)13(2)5-8(9,10)11/h6H,3-5,12H2,1-2H3. The SMILES string of the molecule is CCCC(N)C(=O)N(C)CC(F)(F)F. The molecule has 14 heavy (non-hydrogen) atoms. The van der Waals surface area contributed by atoms with Gasteiger partial charge in [0.05, 0.1) is 6.04 Å². The Bertz CT molecular complexity index is 194. The number of hydrogen-bond donors (Lipinski definition) is 1. The van der Waals surface area contributed by atoms with Crippen molar-refractivity contribution in [3.63, 3.8) is 0 Å². The van der Waals surface area contributed by atoms with E-state index in [2.05, 4.69) is 0 Å². The molecule has 0 radical (unpaired) electrons. The van der Waals surface area contributed by atoms with Gasteiger partial charge in [-0.1, -0.05) is 13.3 Å². The molecule has 0 aromatic rings. The molecule has 2 N–H and O–H groups in total. The highest BCUT2D eigenvalue weighted by molar-refractivity contribution is 5.81. The fraction of sp³-hybridized carbons (Fsp3) is 0.875. The first-order chi connectivity index (χ1) is 6.28. The maximum atomic E-state index is 11.9. The lowest BCUT2D eigenvalue weighted by Crippen LogP contribution is -2.45. The Morgan fingerprint density at radius 1 is 1.50 bits per heavy atom. The zero-order chi connectivity index (χ0) is 11.4. The quantitative estimate of drug-likeness (QED) is 0.759. The van der Waals surface area contributed by atoms with Gasteiger partial charge in [0.25, 0.3) is 0 Å². The summed E-state index contributed by atoms with van der Waals surface area (Å²) in [6.45, 7) is 0.570. The van der Waals surface area contributed by atoms with E-state index in [4.69, 9.17) is 5.73 Å². The second-order valence-electron chi connectivity index (χ2n) is 3.20. The van der Waals surface area contributed by atoms with Crippen LogP contribution in [0.2, 0.25) is 0 Å². The summed E-state index contributed by atoms with van der Waals surface area (Å²) >= 11 is 0. The van der Waals surface area contributed by atoms with Crippen LogP contribution in [-0.2, 0) is 4.79 Å². The van der Waals surface area contributed by atoms with Crippen molar-refractivity contribution in [1.82, 2.24) is 4.90 Å². The van der Waals surface area contributed by atoms with E-state index in [9.17, 15) is 18.0 Å². The lowest BCUT2D eigenvalue weighted by molar-refractivity contribution is -0.159. The maximum Gasteiger partial charge on any atom is 0.406 e. The first-order valence-electron chi connectivity index (χ1n) is 4.35. The van der Waals surface area contributed by atoms with Crippen LogP contribution in [0.4, 0.5) is 13.2 Å². The molecule has 0 spiro atoms. The fourth-order valence-corrected chi connectivity index (χ4v) is 1.06. The highest BCUT2D eigenvalue weighted by atomic mass is 19.4. The van der Waals surface area contributed by atoms with Crippen molar-refractivity contribution >= 4 is 5.91 Å².